The number of anilines is 1. The third kappa shape index (κ3) is 5.50. The number of carbonyl (C=O) groups excluding carboxylic acids is 1. The van der Waals surface area contributed by atoms with Gasteiger partial charge in [-0.1, -0.05) is 25.1 Å². The number of rotatable bonds is 9. The number of aromatic nitrogens is 2. The standard InChI is InChI=1S/C27H39FN6O4/c1-18(2)24-31-25(38-32-24)34-8-5-20(6-9-34)27(30)17-26(27,29)7-12-37-21-4-3-19(22(28)16-21)15-23(35)33-10-13-36-14-11-33/h3-4,16,18,20H,5-15,17,29-30H2,1-2H3. The fourth-order valence-corrected chi connectivity index (χ4v) is 5.72. The van der Waals surface area contributed by atoms with Gasteiger partial charge in [0.25, 0.3) is 0 Å². The molecule has 0 spiro atoms. The topological polar surface area (TPSA) is 133 Å². The molecule has 3 aliphatic rings. The molecule has 2 unspecified atom stereocenters. The maximum atomic E-state index is 14.7. The SMILES string of the molecule is CC(C)c1noc(N2CCC(C3(N)CC3(N)CCOc3ccc(CC(=O)N4CCOCC4)c(F)c3)CC2)n1. The van der Waals surface area contributed by atoms with Crippen molar-refractivity contribution in [2.24, 2.45) is 17.4 Å². The number of morpholine rings is 1. The third-order valence-electron chi connectivity index (χ3n) is 8.40. The van der Waals surface area contributed by atoms with Gasteiger partial charge in [-0.25, -0.2) is 4.39 Å². The van der Waals surface area contributed by atoms with Gasteiger partial charge in [0, 0.05) is 55.7 Å². The monoisotopic (exact) mass is 530 g/mol. The van der Waals surface area contributed by atoms with Gasteiger partial charge in [-0.05, 0) is 36.8 Å². The minimum Gasteiger partial charge on any atom is -0.493 e. The van der Waals surface area contributed by atoms with E-state index in [2.05, 4.69) is 15.0 Å². The van der Waals surface area contributed by atoms with Crippen molar-refractivity contribution >= 4 is 11.9 Å². The molecule has 2 aromatic rings. The lowest BCUT2D eigenvalue weighted by Gasteiger charge is -2.35. The van der Waals surface area contributed by atoms with Crippen LogP contribution in [0.1, 0.15) is 56.8 Å². The second kappa shape index (κ2) is 10.8. The number of nitrogens with two attached hydrogens (primary N) is 2. The van der Waals surface area contributed by atoms with Crippen molar-refractivity contribution in [3.8, 4) is 5.75 Å². The molecular formula is C27H39FN6O4. The number of carbonyl (C=O) groups is 1. The normalized spacial score (nSPS) is 26.2. The molecule has 4 N–H and O–H groups in total. The number of hydrogen-bond acceptors (Lipinski definition) is 9. The molecule has 0 radical (unpaired) electrons. The molecule has 0 bridgehead atoms. The Morgan fingerprint density at radius 3 is 2.61 bits per heavy atom. The summed E-state index contributed by atoms with van der Waals surface area (Å²) in [6.45, 7) is 8.16. The fourth-order valence-electron chi connectivity index (χ4n) is 5.72. The summed E-state index contributed by atoms with van der Waals surface area (Å²) in [5.41, 5.74) is 12.9. The lowest BCUT2D eigenvalue weighted by atomic mass is 9.84. The highest BCUT2D eigenvalue weighted by atomic mass is 19.1. The zero-order valence-corrected chi connectivity index (χ0v) is 22.3. The smallest absolute Gasteiger partial charge is 0.324 e. The first-order valence-electron chi connectivity index (χ1n) is 13.6. The van der Waals surface area contributed by atoms with Gasteiger partial charge in [0.1, 0.15) is 11.6 Å². The number of amides is 1. The summed E-state index contributed by atoms with van der Waals surface area (Å²) in [6.07, 6.45) is 3.17. The number of ether oxygens (including phenoxy) is 2. The Morgan fingerprint density at radius 2 is 1.95 bits per heavy atom. The molecular weight excluding hydrogens is 491 g/mol. The van der Waals surface area contributed by atoms with Gasteiger partial charge in [0.05, 0.1) is 26.2 Å². The second-order valence-electron chi connectivity index (χ2n) is 11.2. The molecule has 1 amide bonds. The molecule has 1 aromatic carbocycles. The highest BCUT2D eigenvalue weighted by molar-refractivity contribution is 5.79. The highest BCUT2D eigenvalue weighted by Crippen LogP contribution is 2.53. The number of piperidine rings is 1. The predicted octanol–water partition coefficient (Wildman–Crippen LogP) is 2.22. The van der Waals surface area contributed by atoms with Gasteiger partial charge in [0.15, 0.2) is 5.82 Å². The lowest BCUT2D eigenvalue weighted by Crippen LogP contribution is -2.50. The molecule has 3 heterocycles. The molecule has 2 aliphatic heterocycles. The summed E-state index contributed by atoms with van der Waals surface area (Å²) in [4.78, 5) is 20.8. The van der Waals surface area contributed by atoms with E-state index in [4.69, 9.17) is 25.5 Å². The van der Waals surface area contributed by atoms with Crippen molar-refractivity contribution in [2.45, 2.75) is 62.9 Å². The first-order valence-corrected chi connectivity index (χ1v) is 13.6. The summed E-state index contributed by atoms with van der Waals surface area (Å²) in [5.74, 6) is 1.13. The van der Waals surface area contributed by atoms with E-state index in [0.29, 0.717) is 62.6 Å². The van der Waals surface area contributed by atoms with Crippen LogP contribution in [-0.2, 0) is 16.0 Å². The van der Waals surface area contributed by atoms with Gasteiger partial charge in [-0.2, -0.15) is 4.98 Å². The molecule has 1 saturated carbocycles. The van der Waals surface area contributed by atoms with Crippen LogP contribution in [0.3, 0.4) is 0 Å². The van der Waals surface area contributed by atoms with Gasteiger partial charge in [-0.15, -0.1) is 0 Å². The molecule has 38 heavy (non-hydrogen) atoms. The van der Waals surface area contributed by atoms with Crippen LogP contribution in [0.5, 0.6) is 5.75 Å². The largest absolute Gasteiger partial charge is 0.493 e. The average Bonchev–Trinajstić information content (AvgIpc) is 3.23. The van der Waals surface area contributed by atoms with E-state index in [9.17, 15) is 9.18 Å². The number of benzene rings is 1. The zero-order chi connectivity index (χ0) is 26.9. The molecule has 1 aliphatic carbocycles. The Morgan fingerprint density at radius 1 is 1.21 bits per heavy atom. The molecule has 11 heteroatoms. The van der Waals surface area contributed by atoms with Gasteiger partial charge >= 0.3 is 6.01 Å². The summed E-state index contributed by atoms with van der Waals surface area (Å²) in [5, 5.41) is 4.06. The van der Waals surface area contributed by atoms with Gasteiger partial charge in [-0.3, -0.25) is 4.79 Å². The third-order valence-corrected chi connectivity index (χ3v) is 8.40. The van der Waals surface area contributed by atoms with Gasteiger partial charge < -0.3 is 35.3 Å². The Labute approximate surface area is 222 Å². The van der Waals surface area contributed by atoms with Crippen LogP contribution < -0.4 is 21.1 Å². The maximum absolute atomic E-state index is 14.7. The Hall–Kier alpha value is -2.76. The van der Waals surface area contributed by atoms with Crippen LogP contribution in [0, 0.1) is 11.7 Å². The summed E-state index contributed by atoms with van der Waals surface area (Å²) < 4.78 is 31.2. The van der Waals surface area contributed by atoms with Crippen molar-refractivity contribution in [2.75, 3.05) is 50.9 Å². The van der Waals surface area contributed by atoms with Crippen LogP contribution in [0.4, 0.5) is 10.4 Å². The molecule has 2 saturated heterocycles. The lowest BCUT2D eigenvalue weighted by molar-refractivity contribution is -0.134. The molecule has 5 rings (SSSR count). The Kier molecular flexibility index (Phi) is 7.61. The van der Waals surface area contributed by atoms with Crippen molar-refractivity contribution in [1.82, 2.24) is 15.0 Å². The Bertz CT molecular complexity index is 1130. The van der Waals surface area contributed by atoms with E-state index in [1.165, 1.54) is 6.07 Å². The van der Waals surface area contributed by atoms with E-state index < -0.39 is 16.9 Å². The van der Waals surface area contributed by atoms with Crippen molar-refractivity contribution < 1.29 is 23.2 Å². The fraction of sp³-hybridized carbons (Fsp3) is 0.667. The quantitative estimate of drug-likeness (QED) is 0.501. The van der Waals surface area contributed by atoms with E-state index in [1.54, 1.807) is 17.0 Å². The molecule has 10 nitrogen and oxygen atoms in total. The zero-order valence-electron chi connectivity index (χ0n) is 22.3. The van der Waals surface area contributed by atoms with Crippen molar-refractivity contribution in [1.29, 1.82) is 0 Å². The van der Waals surface area contributed by atoms with E-state index >= 15 is 0 Å². The Balaban J connectivity index is 1.08. The minimum atomic E-state index is -0.502. The first-order chi connectivity index (χ1) is 18.2. The van der Waals surface area contributed by atoms with Crippen LogP contribution >= 0.6 is 0 Å². The number of halogens is 1. The van der Waals surface area contributed by atoms with Gasteiger partial charge in [0.2, 0.25) is 5.91 Å². The predicted molar refractivity (Wildman–Crippen MR) is 139 cm³/mol. The van der Waals surface area contributed by atoms with E-state index in [1.807, 2.05) is 13.8 Å². The maximum Gasteiger partial charge on any atom is 0.324 e. The minimum absolute atomic E-state index is 0.0257. The van der Waals surface area contributed by atoms with Crippen LogP contribution in [0.2, 0.25) is 0 Å². The first kappa shape index (κ1) is 26.8. The summed E-state index contributed by atoms with van der Waals surface area (Å²) in [6, 6.07) is 5.23. The molecule has 1 aromatic heterocycles. The molecule has 2 atom stereocenters. The van der Waals surface area contributed by atoms with Crippen molar-refractivity contribution in [3.05, 3.63) is 35.4 Å². The van der Waals surface area contributed by atoms with Crippen LogP contribution in [-0.4, -0.2) is 78.0 Å². The van der Waals surface area contributed by atoms with Crippen molar-refractivity contribution in [3.63, 3.8) is 0 Å². The molecule has 3 fully saturated rings. The second-order valence-corrected chi connectivity index (χ2v) is 11.2. The molecule has 208 valence electrons. The number of nitrogens with zero attached hydrogens (tertiary/aromatic N) is 4. The van der Waals surface area contributed by atoms with E-state index in [0.717, 1.165) is 38.2 Å². The summed E-state index contributed by atoms with van der Waals surface area (Å²) >= 11 is 0. The van der Waals surface area contributed by atoms with Crippen LogP contribution in [0.15, 0.2) is 22.7 Å². The highest BCUT2D eigenvalue weighted by Gasteiger charge is 2.65. The number of hydrogen-bond donors (Lipinski definition) is 2. The van der Waals surface area contributed by atoms with Crippen LogP contribution in [0.25, 0.3) is 0 Å². The average molecular weight is 531 g/mol. The summed E-state index contributed by atoms with van der Waals surface area (Å²) in [7, 11) is 0. The van der Waals surface area contributed by atoms with E-state index in [-0.39, 0.29) is 18.2 Å².